The van der Waals surface area contributed by atoms with E-state index in [0.29, 0.717) is 53.0 Å². The Bertz CT molecular complexity index is 2760. The van der Waals surface area contributed by atoms with Gasteiger partial charge in [-0.15, -0.1) is 0 Å². The molecule has 5 aromatic carbocycles. The van der Waals surface area contributed by atoms with Gasteiger partial charge in [0.15, 0.2) is 6.61 Å². The van der Waals surface area contributed by atoms with E-state index in [-0.39, 0.29) is 72.0 Å². The van der Waals surface area contributed by atoms with E-state index in [1.54, 1.807) is 84.9 Å². The van der Waals surface area contributed by atoms with E-state index >= 15 is 0 Å². The summed E-state index contributed by atoms with van der Waals surface area (Å²) in [6, 6.07) is 36.2. The molecule has 2 heterocycles. The first kappa shape index (κ1) is 47.5. The molecule has 2 amide bonds. The van der Waals surface area contributed by atoms with E-state index in [9.17, 15) is 34.5 Å². The van der Waals surface area contributed by atoms with Crippen molar-refractivity contribution in [3.8, 4) is 17.2 Å². The van der Waals surface area contributed by atoms with E-state index in [0.717, 1.165) is 38.0 Å². The van der Waals surface area contributed by atoms with Gasteiger partial charge in [0, 0.05) is 59.9 Å². The number of piperidine rings is 1. The van der Waals surface area contributed by atoms with Gasteiger partial charge in [-0.2, -0.15) is 0 Å². The first-order valence-corrected chi connectivity index (χ1v) is 22.9. The number of phenols is 1. The van der Waals surface area contributed by atoms with Crippen LogP contribution in [0.3, 0.4) is 0 Å². The van der Waals surface area contributed by atoms with Crippen LogP contribution in [0, 0.1) is 5.92 Å². The van der Waals surface area contributed by atoms with E-state index in [1.807, 2.05) is 18.2 Å². The van der Waals surface area contributed by atoms with Crippen LogP contribution in [0.4, 0.5) is 0 Å². The molecule has 0 bridgehead atoms. The van der Waals surface area contributed by atoms with Gasteiger partial charge < -0.3 is 50.5 Å². The van der Waals surface area contributed by atoms with Crippen LogP contribution in [0.25, 0.3) is 10.9 Å². The topological polar surface area (TPSA) is 212 Å². The van der Waals surface area contributed by atoms with E-state index < -0.39 is 17.7 Å². The fourth-order valence-electron chi connectivity index (χ4n) is 8.92. The summed E-state index contributed by atoms with van der Waals surface area (Å²) in [5, 5.41) is 43.0. The van der Waals surface area contributed by atoms with Crippen molar-refractivity contribution in [2.45, 2.75) is 62.6 Å². The Kier molecular flexibility index (Phi) is 15.2. The molecule has 6 aromatic rings. The summed E-state index contributed by atoms with van der Waals surface area (Å²) < 4.78 is 17.3. The van der Waals surface area contributed by atoms with Gasteiger partial charge in [-0.25, -0.2) is 4.79 Å². The Morgan fingerprint density at radius 1 is 0.838 bits per heavy atom. The highest BCUT2D eigenvalue weighted by atomic mass is 16.6. The van der Waals surface area contributed by atoms with Crippen LogP contribution in [0.2, 0.25) is 0 Å². The minimum atomic E-state index is -2.12. The first-order chi connectivity index (χ1) is 33.0. The lowest BCUT2D eigenvalue weighted by atomic mass is 9.86. The zero-order valence-electron chi connectivity index (χ0n) is 37.9. The molecule has 0 spiro atoms. The molecular weight excluding hydrogens is 867 g/mol. The maximum absolute atomic E-state index is 13.9. The molecule has 2 aliphatic rings. The fourth-order valence-corrected chi connectivity index (χ4v) is 8.92. The lowest BCUT2D eigenvalue weighted by molar-refractivity contribution is -0.164. The van der Waals surface area contributed by atoms with Crippen molar-refractivity contribution in [1.29, 1.82) is 0 Å². The monoisotopic (exact) mass is 923 g/mol. The first-order valence-electron chi connectivity index (χ1n) is 22.9. The number of benzene rings is 5. The molecule has 68 heavy (non-hydrogen) atoms. The van der Waals surface area contributed by atoms with Crippen molar-refractivity contribution in [3.05, 3.63) is 171 Å². The molecule has 1 saturated heterocycles. The molecule has 1 aliphatic heterocycles. The normalized spacial score (nSPS) is 17.6. The highest BCUT2D eigenvalue weighted by Crippen LogP contribution is 2.34. The number of carbonyl (C=O) groups excluding carboxylic acids is 3. The van der Waals surface area contributed by atoms with Gasteiger partial charge in [0.25, 0.3) is 11.8 Å². The Hall–Kier alpha value is -7.04. The maximum atomic E-state index is 13.9. The average molecular weight is 924 g/mol. The molecule has 2 atom stereocenters. The summed E-state index contributed by atoms with van der Waals surface area (Å²) in [6.45, 7) is 3.05. The Balaban J connectivity index is 0.782. The number of aromatic hydroxyl groups is 1. The third-order valence-corrected chi connectivity index (χ3v) is 12.8. The average Bonchev–Trinajstić information content (AvgIpc) is 3.35. The predicted molar refractivity (Wildman–Crippen MR) is 255 cm³/mol. The number of H-pyrrole nitrogens is 1. The van der Waals surface area contributed by atoms with Crippen LogP contribution in [-0.2, 0) is 33.0 Å². The molecule has 0 unspecified atom stereocenters. The molecule has 354 valence electrons. The molecule has 15 nitrogen and oxygen atoms in total. The van der Waals surface area contributed by atoms with Crippen molar-refractivity contribution in [2.75, 3.05) is 40.0 Å². The number of likely N-dealkylation sites (tertiary alicyclic amines) is 1. The summed E-state index contributed by atoms with van der Waals surface area (Å²) in [6.07, 6.45) is 1.87. The number of nitrogens with one attached hydrogen (secondary N) is 4. The number of rotatable bonds is 19. The predicted octanol–water partition coefficient (Wildman–Crippen LogP) is 5.21. The van der Waals surface area contributed by atoms with E-state index in [2.05, 4.69) is 38.0 Å². The standard InChI is InChI=1S/C53H57N5O10/c1-66-47-25-36(15-16-37(47)29-54-30-46(60)43-17-19-45(59)50-44(43)18-20-48(61)57-50)51(63)56-41-27-40(28-41)55-49(62)33-67-42-14-8-13-39(26-42)53(65,38-11-6-3-7-12-38)52(64)68-32-35-21-23-58(24-22-35)31-34-9-4-2-5-10-34/h2-20,25-26,35,40-41,46,54,59-60,65H,21-24,27-33H2,1H3,(H,55,62)(H,56,63)(H,57,61)/t40-,41-,46-,53-/m0/s1. The highest BCUT2D eigenvalue weighted by Gasteiger charge is 2.42. The number of carbonyl (C=O) groups is 3. The van der Waals surface area contributed by atoms with Crippen molar-refractivity contribution in [3.63, 3.8) is 0 Å². The minimum Gasteiger partial charge on any atom is -0.506 e. The zero-order chi connectivity index (χ0) is 47.6. The van der Waals surface area contributed by atoms with Gasteiger partial charge in [0.1, 0.15) is 17.2 Å². The molecule has 1 saturated carbocycles. The quantitative estimate of drug-likeness (QED) is 0.0522. The number of esters is 1. The summed E-state index contributed by atoms with van der Waals surface area (Å²) in [5.41, 5.74) is 1.36. The van der Waals surface area contributed by atoms with Crippen molar-refractivity contribution in [1.82, 2.24) is 25.8 Å². The molecule has 2 fully saturated rings. The summed E-state index contributed by atoms with van der Waals surface area (Å²) in [4.78, 5) is 56.8. The van der Waals surface area contributed by atoms with Gasteiger partial charge in [-0.1, -0.05) is 84.9 Å². The largest absolute Gasteiger partial charge is 0.506 e. The third-order valence-electron chi connectivity index (χ3n) is 12.8. The molecule has 1 aromatic heterocycles. The van der Waals surface area contributed by atoms with Crippen LogP contribution in [0.5, 0.6) is 17.2 Å². The Morgan fingerprint density at radius 3 is 2.31 bits per heavy atom. The number of phenolic OH excluding ortho intramolecular Hbond substituents is 1. The van der Waals surface area contributed by atoms with E-state index in [1.165, 1.54) is 24.8 Å². The number of aromatic amines is 1. The maximum Gasteiger partial charge on any atom is 0.347 e. The second-order valence-corrected chi connectivity index (χ2v) is 17.6. The Labute approximate surface area is 394 Å². The van der Waals surface area contributed by atoms with Crippen molar-refractivity contribution >= 4 is 28.7 Å². The molecule has 15 heteroatoms. The van der Waals surface area contributed by atoms with Crippen LogP contribution in [0.1, 0.15) is 70.0 Å². The molecule has 8 rings (SSSR count). The number of amides is 2. The second-order valence-electron chi connectivity index (χ2n) is 17.6. The van der Waals surface area contributed by atoms with Crippen LogP contribution < -0.4 is 31.0 Å². The number of methoxy groups -OCH3 is 1. The van der Waals surface area contributed by atoms with Crippen molar-refractivity contribution < 1.29 is 43.9 Å². The number of ether oxygens (including phenoxy) is 3. The van der Waals surface area contributed by atoms with Gasteiger partial charge in [0.2, 0.25) is 11.2 Å². The molecule has 7 N–H and O–H groups in total. The van der Waals surface area contributed by atoms with Gasteiger partial charge in [-0.05, 0) is 97.8 Å². The third kappa shape index (κ3) is 11.4. The number of nitrogens with zero attached hydrogens (tertiary/aromatic N) is 1. The lowest BCUT2D eigenvalue weighted by Gasteiger charge is -2.36. The summed E-state index contributed by atoms with van der Waals surface area (Å²) in [5.74, 6) is -0.554. The number of aromatic nitrogens is 1. The van der Waals surface area contributed by atoms with Crippen LogP contribution in [0.15, 0.2) is 132 Å². The molecule has 0 radical (unpaired) electrons. The second kappa shape index (κ2) is 21.7. The number of hydrogen-bond acceptors (Lipinski definition) is 12. The zero-order valence-corrected chi connectivity index (χ0v) is 37.9. The van der Waals surface area contributed by atoms with Gasteiger partial charge >= 0.3 is 5.97 Å². The van der Waals surface area contributed by atoms with Gasteiger partial charge in [0.05, 0.1) is 25.3 Å². The number of hydrogen-bond donors (Lipinski definition) is 7. The van der Waals surface area contributed by atoms with Crippen molar-refractivity contribution in [2.24, 2.45) is 5.92 Å². The van der Waals surface area contributed by atoms with Gasteiger partial charge in [-0.3, -0.25) is 19.3 Å². The lowest BCUT2D eigenvalue weighted by Crippen LogP contribution is -2.54. The van der Waals surface area contributed by atoms with Crippen LogP contribution in [-0.4, -0.2) is 95.0 Å². The number of pyridine rings is 1. The smallest absolute Gasteiger partial charge is 0.347 e. The number of aliphatic hydroxyl groups excluding tert-OH is 1. The minimum absolute atomic E-state index is 0.0877. The summed E-state index contributed by atoms with van der Waals surface area (Å²) >= 11 is 0. The number of aliphatic hydroxyl groups is 2. The van der Waals surface area contributed by atoms with E-state index in [4.69, 9.17) is 14.2 Å². The van der Waals surface area contributed by atoms with Crippen LogP contribution >= 0.6 is 0 Å². The highest BCUT2D eigenvalue weighted by molar-refractivity contribution is 5.95. The summed E-state index contributed by atoms with van der Waals surface area (Å²) in [7, 11) is 1.51. The number of fused-ring (bicyclic) bond motifs is 1. The molecule has 1 aliphatic carbocycles. The Morgan fingerprint density at radius 2 is 1.56 bits per heavy atom. The fraction of sp³-hybridized carbons (Fsp3) is 0.321. The molecular formula is C53H57N5O10. The SMILES string of the molecule is COc1cc(C(=O)N[C@H]2C[C@H](NC(=O)COc3cccc([C@](O)(C(=O)OCC4CCN(Cc5ccccc5)CC4)c4ccccc4)c3)C2)ccc1CNC[C@H](O)c1ccc(O)c2[nH]c(=O)ccc12.